The second-order valence-corrected chi connectivity index (χ2v) is 10.4. The van der Waals surface area contributed by atoms with E-state index in [1.165, 1.54) is 22.0 Å². The highest BCUT2D eigenvalue weighted by Crippen LogP contribution is 2.35. The molecule has 1 N–H and O–H groups in total. The van der Waals surface area contributed by atoms with Crippen molar-refractivity contribution in [3.63, 3.8) is 0 Å². The summed E-state index contributed by atoms with van der Waals surface area (Å²) in [5.74, 6) is -0.870. The average Bonchev–Trinajstić information content (AvgIpc) is 3.61. The van der Waals surface area contributed by atoms with Gasteiger partial charge in [-0.05, 0) is 30.7 Å². The fourth-order valence-corrected chi connectivity index (χ4v) is 5.96. The Hall–Kier alpha value is -5.28. The molecule has 0 radical (unpaired) electrons. The summed E-state index contributed by atoms with van der Waals surface area (Å²) in [7, 11) is 0. The molecular formula is C33H24N2O6S. The van der Waals surface area contributed by atoms with Crippen molar-refractivity contribution in [1.82, 2.24) is 4.57 Å². The number of esters is 1. The zero-order valence-corrected chi connectivity index (χ0v) is 23.2. The molecule has 42 heavy (non-hydrogen) atoms. The summed E-state index contributed by atoms with van der Waals surface area (Å²) >= 11 is 1.18. The van der Waals surface area contributed by atoms with Crippen LogP contribution in [-0.2, 0) is 9.53 Å². The molecule has 0 saturated carbocycles. The summed E-state index contributed by atoms with van der Waals surface area (Å²) in [5, 5.41) is 9.58. The molecule has 0 spiro atoms. The molecule has 1 aliphatic heterocycles. The molecule has 8 nitrogen and oxygen atoms in total. The smallest absolute Gasteiger partial charge is 0.338 e. The number of furan rings is 1. The minimum atomic E-state index is -1.07. The quantitative estimate of drug-likeness (QED) is 0.276. The number of thiazole rings is 1. The van der Waals surface area contributed by atoms with E-state index < -0.39 is 18.0 Å². The van der Waals surface area contributed by atoms with Gasteiger partial charge in [-0.3, -0.25) is 9.36 Å². The van der Waals surface area contributed by atoms with E-state index >= 15 is 0 Å². The maximum Gasteiger partial charge on any atom is 0.338 e. The highest BCUT2D eigenvalue weighted by molar-refractivity contribution is 7.07. The molecule has 0 fully saturated rings. The van der Waals surface area contributed by atoms with Gasteiger partial charge in [-0.1, -0.05) is 90.2 Å². The zero-order valence-electron chi connectivity index (χ0n) is 22.4. The van der Waals surface area contributed by atoms with Crippen molar-refractivity contribution in [1.29, 1.82) is 0 Å². The molecule has 0 saturated heterocycles. The number of nitrogens with zero attached hydrogens (tertiary/aromatic N) is 2. The zero-order chi connectivity index (χ0) is 29.2. The lowest BCUT2D eigenvalue weighted by molar-refractivity contribution is -0.138. The van der Waals surface area contributed by atoms with Crippen LogP contribution in [0.15, 0.2) is 117 Å². The average molecular weight is 577 g/mol. The molecule has 9 heteroatoms. The molecule has 2 aromatic heterocycles. The van der Waals surface area contributed by atoms with Crippen LogP contribution in [0.1, 0.15) is 40.2 Å². The number of carboxylic acid groups (broad SMARTS) is 1. The first kappa shape index (κ1) is 26.9. The van der Waals surface area contributed by atoms with Crippen molar-refractivity contribution in [2.24, 2.45) is 4.99 Å². The molecule has 3 heterocycles. The van der Waals surface area contributed by atoms with Crippen molar-refractivity contribution in [3.8, 4) is 11.3 Å². The van der Waals surface area contributed by atoms with Gasteiger partial charge in [0, 0.05) is 17.2 Å². The number of fused-ring (bicyclic) bond motifs is 1. The van der Waals surface area contributed by atoms with Crippen LogP contribution in [0.5, 0.6) is 0 Å². The lowest BCUT2D eigenvalue weighted by atomic mass is 9.93. The van der Waals surface area contributed by atoms with Gasteiger partial charge in [-0.2, -0.15) is 0 Å². The van der Waals surface area contributed by atoms with Gasteiger partial charge in [0.15, 0.2) is 4.80 Å². The number of aromatic carboxylic acids is 1. The topological polar surface area (TPSA) is 111 Å². The molecule has 0 unspecified atom stereocenters. The number of carbonyl (C=O) groups excluding carboxylic acids is 1. The van der Waals surface area contributed by atoms with Crippen LogP contribution < -0.4 is 14.9 Å². The second-order valence-electron chi connectivity index (χ2n) is 9.39. The summed E-state index contributed by atoms with van der Waals surface area (Å²) in [5.41, 5.74) is 2.39. The van der Waals surface area contributed by atoms with Crippen molar-refractivity contribution in [2.75, 3.05) is 6.61 Å². The van der Waals surface area contributed by atoms with Crippen LogP contribution in [0.2, 0.25) is 0 Å². The molecule has 1 atom stereocenters. The van der Waals surface area contributed by atoms with E-state index in [-0.39, 0.29) is 23.3 Å². The number of hydrogen-bond donors (Lipinski definition) is 1. The van der Waals surface area contributed by atoms with E-state index in [1.54, 1.807) is 43.3 Å². The number of hydrogen-bond acceptors (Lipinski definition) is 7. The Morgan fingerprint density at radius 1 is 0.976 bits per heavy atom. The summed E-state index contributed by atoms with van der Waals surface area (Å²) in [6.07, 6.45) is 1.61. The van der Waals surface area contributed by atoms with Crippen molar-refractivity contribution >= 4 is 35.0 Å². The molecule has 0 bridgehead atoms. The molecule has 3 aromatic carbocycles. The Morgan fingerprint density at radius 3 is 2.38 bits per heavy atom. The number of ether oxygens (including phenoxy) is 1. The summed E-state index contributed by atoms with van der Waals surface area (Å²) in [6.45, 7) is 1.90. The van der Waals surface area contributed by atoms with E-state index in [0.717, 1.165) is 11.1 Å². The lowest BCUT2D eigenvalue weighted by Crippen LogP contribution is -2.39. The van der Waals surface area contributed by atoms with E-state index in [4.69, 9.17) is 14.1 Å². The molecule has 1 aliphatic rings. The van der Waals surface area contributed by atoms with Crippen LogP contribution in [0.25, 0.3) is 23.1 Å². The molecule has 6 rings (SSSR count). The molecule has 0 amide bonds. The van der Waals surface area contributed by atoms with E-state index in [9.17, 15) is 19.5 Å². The maximum atomic E-state index is 14.0. The first-order valence-electron chi connectivity index (χ1n) is 13.2. The van der Waals surface area contributed by atoms with E-state index in [1.807, 2.05) is 60.7 Å². The van der Waals surface area contributed by atoms with Gasteiger partial charge in [0.2, 0.25) is 0 Å². The van der Waals surface area contributed by atoms with Crippen LogP contribution in [-0.4, -0.2) is 28.2 Å². The van der Waals surface area contributed by atoms with Gasteiger partial charge in [-0.15, -0.1) is 0 Å². The van der Waals surface area contributed by atoms with Crippen LogP contribution in [0.4, 0.5) is 0 Å². The van der Waals surface area contributed by atoms with Gasteiger partial charge in [0.05, 0.1) is 34.0 Å². The summed E-state index contributed by atoms with van der Waals surface area (Å²) in [6, 6.07) is 27.8. The van der Waals surface area contributed by atoms with Gasteiger partial charge < -0.3 is 14.3 Å². The summed E-state index contributed by atoms with van der Waals surface area (Å²) in [4.78, 5) is 44.4. The van der Waals surface area contributed by atoms with Gasteiger partial charge in [-0.25, -0.2) is 14.6 Å². The number of benzene rings is 3. The SMILES string of the molecule is CCOC(=O)C1=C(c2ccccc2)N=c2s/c(=C\c3ccc(-c4ccccc4C(=O)O)o3)c(=O)n2[C@@H]1c1ccccc1. The number of carbonyl (C=O) groups is 2. The largest absolute Gasteiger partial charge is 0.478 e. The molecule has 5 aromatic rings. The third-order valence-corrected chi connectivity index (χ3v) is 7.80. The Balaban J connectivity index is 1.55. The Kier molecular flexibility index (Phi) is 7.24. The predicted molar refractivity (Wildman–Crippen MR) is 159 cm³/mol. The number of carboxylic acids is 1. The maximum absolute atomic E-state index is 14.0. The first-order chi connectivity index (χ1) is 20.5. The number of aromatic nitrogens is 1. The molecule has 208 valence electrons. The number of rotatable bonds is 7. The van der Waals surface area contributed by atoms with E-state index in [0.29, 0.717) is 32.1 Å². The first-order valence-corrected chi connectivity index (χ1v) is 14.0. The van der Waals surface area contributed by atoms with Crippen LogP contribution in [0, 0.1) is 0 Å². The van der Waals surface area contributed by atoms with Crippen LogP contribution >= 0.6 is 11.3 Å². The standard InChI is InChI=1S/C33H24N2O6S/c1-2-40-32(39)27-28(20-11-5-3-6-12-20)34-33-35(29(27)21-13-7-4-8-14-21)30(36)26(42-33)19-22-17-18-25(41-22)23-15-9-10-16-24(23)31(37)38/h3-19,29H,2H2,1H3,(H,37,38)/b26-19-/t29-/m1/s1. The third kappa shape index (κ3) is 4.90. The second kappa shape index (κ2) is 11.3. The van der Waals surface area contributed by atoms with Gasteiger partial charge in [0.1, 0.15) is 11.5 Å². The third-order valence-electron chi connectivity index (χ3n) is 6.81. The monoisotopic (exact) mass is 576 g/mol. The Bertz CT molecular complexity index is 2020. The lowest BCUT2D eigenvalue weighted by Gasteiger charge is -2.25. The van der Waals surface area contributed by atoms with Crippen LogP contribution in [0.3, 0.4) is 0 Å². The Morgan fingerprint density at radius 2 is 1.67 bits per heavy atom. The highest BCUT2D eigenvalue weighted by atomic mass is 32.1. The van der Waals surface area contributed by atoms with Gasteiger partial charge in [0.25, 0.3) is 5.56 Å². The minimum Gasteiger partial charge on any atom is -0.478 e. The highest BCUT2D eigenvalue weighted by Gasteiger charge is 2.35. The minimum absolute atomic E-state index is 0.112. The predicted octanol–water partition coefficient (Wildman–Crippen LogP) is 4.89. The van der Waals surface area contributed by atoms with Crippen molar-refractivity contribution < 1.29 is 23.8 Å². The van der Waals surface area contributed by atoms with Crippen molar-refractivity contribution in [2.45, 2.75) is 13.0 Å². The normalized spacial score (nSPS) is 14.8. The Labute approximate surface area is 243 Å². The molecule has 0 aliphatic carbocycles. The van der Waals surface area contributed by atoms with E-state index in [2.05, 4.69) is 0 Å². The fourth-order valence-electron chi connectivity index (χ4n) is 4.98. The van der Waals surface area contributed by atoms with Crippen molar-refractivity contribution in [3.05, 3.63) is 145 Å². The summed E-state index contributed by atoms with van der Waals surface area (Å²) < 4.78 is 13.3. The fraction of sp³-hybridized carbons (Fsp3) is 0.0909. The van der Waals surface area contributed by atoms with Gasteiger partial charge >= 0.3 is 11.9 Å². The molecular weight excluding hydrogens is 552 g/mol.